The Labute approximate surface area is 129 Å². The molecule has 0 bridgehead atoms. The molecule has 0 radical (unpaired) electrons. The normalized spacial score (nSPS) is 10.0. The standard InChI is InChI=1S/C13H9Cl2N3O3/c14-8-2-9(15)4-10(3-8)17-13(21)18-11-1-7(12(19)20)5-16-6-11/h1-6H,(H,19,20)(H2,17,18,21). The van der Waals surface area contributed by atoms with E-state index >= 15 is 0 Å². The van der Waals surface area contributed by atoms with Crippen molar-refractivity contribution in [2.45, 2.75) is 0 Å². The average Bonchev–Trinajstić information content (AvgIpc) is 2.37. The van der Waals surface area contributed by atoms with Gasteiger partial charge in [0, 0.05) is 21.9 Å². The number of halogens is 2. The average molecular weight is 326 g/mol. The summed E-state index contributed by atoms with van der Waals surface area (Å²) in [6, 6.07) is 5.31. The molecule has 0 aliphatic heterocycles. The van der Waals surface area contributed by atoms with Gasteiger partial charge in [-0.2, -0.15) is 0 Å². The number of carbonyl (C=O) groups is 2. The molecule has 0 spiro atoms. The van der Waals surface area contributed by atoms with E-state index in [0.717, 1.165) is 0 Å². The lowest BCUT2D eigenvalue weighted by molar-refractivity contribution is 0.0696. The summed E-state index contributed by atoms with van der Waals surface area (Å²) in [5.74, 6) is -1.13. The van der Waals surface area contributed by atoms with Crippen molar-refractivity contribution in [3.05, 3.63) is 52.3 Å². The number of aromatic carboxylic acids is 1. The quantitative estimate of drug-likeness (QED) is 0.801. The number of amides is 2. The number of rotatable bonds is 3. The van der Waals surface area contributed by atoms with Gasteiger partial charge in [0.05, 0.1) is 17.4 Å². The molecule has 21 heavy (non-hydrogen) atoms. The molecule has 0 unspecified atom stereocenters. The van der Waals surface area contributed by atoms with Crippen LogP contribution in [0.4, 0.5) is 16.2 Å². The topological polar surface area (TPSA) is 91.3 Å². The summed E-state index contributed by atoms with van der Waals surface area (Å²) < 4.78 is 0. The molecule has 2 amide bonds. The van der Waals surface area contributed by atoms with Crippen LogP contribution in [0.5, 0.6) is 0 Å². The Hall–Kier alpha value is -2.31. The van der Waals surface area contributed by atoms with E-state index in [9.17, 15) is 9.59 Å². The number of nitrogens with one attached hydrogen (secondary N) is 2. The highest BCUT2D eigenvalue weighted by atomic mass is 35.5. The van der Waals surface area contributed by atoms with Gasteiger partial charge in [0.2, 0.25) is 0 Å². The van der Waals surface area contributed by atoms with Crippen LogP contribution in [0.1, 0.15) is 10.4 Å². The molecule has 0 saturated carbocycles. The monoisotopic (exact) mass is 325 g/mol. The number of carboxylic acids is 1. The Bertz CT molecular complexity index is 687. The molecular weight excluding hydrogens is 317 g/mol. The van der Waals surface area contributed by atoms with Crippen molar-refractivity contribution in [3.8, 4) is 0 Å². The lowest BCUT2D eigenvalue weighted by Gasteiger charge is -2.08. The van der Waals surface area contributed by atoms with Gasteiger partial charge in [0.15, 0.2) is 0 Å². The molecule has 1 heterocycles. The molecule has 1 aromatic heterocycles. The van der Waals surface area contributed by atoms with Gasteiger partial charge in [0.25, 0.3) is 0 Å². The molecule has 0 saturated heterocycles. The lowest BCUT2D eigenvalue weighted by atomic mass is 10.2. The summed E-state index contributed by atoms with van der Waals surface area (Å²) in [7, 11) is 0. The van der Waals surface area contributed by atoms with Crippen LogP contribution >= 0.6 is 23.2 Å². The van der Waals surface area contributed by atoms with Crippen LogP contribution in [0.25, 0.3) is 0 Å². The number of benzene rings is 1. The summed E-state index contributed by atoms with van der Waals surface area (Å²) in [5, 5.41) is 14.6. The van der Waals surface area contributed by atoms with Gasteiger partial charge in [-0.05, 0) is 24.3 Å². The first-order valence-corrected chi connectivity index (χ1v) is 6.42. The number of urea groups is 1. The van der Waals surface area contributed by atoms with Crippen LogP contribution in [0, 0.1) is 0 Å². The third-order valence-corrected chi connectivity index (χ3v) is 2.80. The minimum absolute atomic E-state index is 0.0291. The molecule has 1 aromatic carbocycles. The molecule has 0 fully saturated rings. The summed E-state index contributed by atoms with van der Waals surface area (Å²) in [6.45, 7) is 0. The molecule has 108 valence electrons. The van der Waals surface area contributed by atoms with E-state index in [4.69, 9.17) is 28.3 Å². The van der Waals surface area contributed by atoms with Gasteiger partial charge < -0.3 is 15.7 Å². The molecule has 3 N–H and O–H groups in total. The highest BCUT2D eigenvalue weighted by molar-refractivity contribution is 6.35. The molecule has 0 aliphatic rings. The van der Waals surface area contributed by atoms with Crippen molar-refractivity contribution in [1.82, 2.24) is 4.98 Å². The van der Waals surface area contributed by atoms with Gasteiger partial charge in [-0.15, -0.1) is 0 Å². The van der Waals surface area contributed by atoms with Gasteiger partial charge in [-0.25, -0.2) is 9.59 Å². The fraction of sp³-hybridized carbons (Fsp3) is 0. The highest BCUT2D eigenvalue weighted by Gasteiger charge is 2.08. The van der Waals surface area contributed by atoms with E-state index in [1.54, 1.807) is 0 Å². The zero-order valence-corrected chi connectivity index (χ0v) is 11.9. The van der Waals surface area contributed by atoms with Gasteiger partial charge in [0.1, 0.15) is 0 Å². The van der Waals surface area contributed by atoms with Gasteiger partial charge in [-0.1, -0.05) is 23.2 Å². The second-order valence-corrected chi connectivity index (χ2v) is 4.88. The molecule has 2 rings (SSSR count). The van der Waals surface area contributed by atoms with E-state index in [1.165, 1.54) is 36.7 Å². The van der Waals surface area contributed by atoms with E-state index in [-0.39, 0.29) is 11.3 Å². The fourth-order valence-corrected chi connectivity index (χ4v) is 2.07. The van der Waals surface area contributed by atoms with Crippen molar-refractivity contribution in [1.29, 1.82) is 0 Å². The second kappa shape index (κ2) is 6.43. The van der Waals surface area contributed by atoms with Crippen LogP contribution in [-0.2, 0) is 0 Å². The zero-order chi connectivity index (χ0) is 15.4. The fourth-order valence-electron chi connectivity index (χ4n) is 1.54. The van der Waals surface area contributed by atoms with E-state index in [0.29, 0.717) is 15.7 Å². The van der Waals surface area contributed by atoms with Crippen molar-refractivity contribution in [2.24, 2.45) is 0 Å². The number of hydrogen-bond acceptors (Lipinski definition) is 3. The van der Waals surface area contributed by atoms with E-state index in [2.05, 4.69) is 15.6 Å². The third-order valence-electron chi connectivity index (χ3n) is 2.36. The maximum absolute atomic E-state index is 11.8. The molecule has 2 aromatic rings. The van der Waals surface area contributed by atoms with Crippen molar-refractivity contribution in [2.75, 3.05) is 10.6 Å². The van der Waals surface area contributed by atoms with Crippen LogP contribution in [0.3, 0.4) is 0 Å². The molecule has 0 aliphatic carbocycles. The zero-order valence-electron chi connectivity index (χ0n) is 10.4. The number of pyridine rings is 1. The van der Waals surface area contributed by atoms with Crippen LogP contribution < -0.4 is 10.6 Å². The van der Waals surface area contributed by atoms with Crippen LogP contribution in [0.15, 0.2) is 36.7 Å². The maximum Gasteiger partial charge on any atom is 0.337 e. The molecular formula is C13H9Cl2N3O3. The lowest BCUT2D eigenvalue weighted by Crippen LogP contribution is -2.19. The number of aromatic nitrogens is 1. The van der Waals surface area contributed by atoms with E-state index in [1.807, 2.05) is 0 Å². The Balaban J connectivity index is 2.08. The summed E-state index contributed by atoms with van der Waals surface area (Å²) >= 11 is 11.6. The molecule has 0 atom stereocenters. The first-order valence-electron chi connectivity index (χ1n) is 5.66. The highest BCUT2D eigenvalue weighted by Crippen LogP contribution is 2.22. The number of carbonyl (C=O) groups excluding carboxylic acids is 1. The SMILES string of the molecule is O=C(Nc1cc(Cl)cc(Cl)c1)Nc1cncc(C(=O)O)c1. The second-order valence-electron chi connectivity index (χ2n) is 4.00. The first kappa shape index (κ1) is 15.1. The predicted octanol–water partition coefficient (Wildman–Crippen LogP) is 3.73. The Morgan fingerprint density at radius 3 is 2.19 bits per heavy atom. The maximum atomic E-state index is 11.8. The van der Waals surface area contributed by atoms with Gasteiger partial charge in [-0.3, -0.25) is 4.98 Å². The third kappa shape index (κ3) is 4.34. The summed E-state index contributed by atoms with van der Waals surface area (Å²) in [4.78, 5) is 26.3. The Morgan fingerprint density at radius 1 is 0.952 bits per heavy atom. The number of anilines is 2. The number of hydrogen-bond donors (Lipinski definition) is 3. The Morgan fingerprint density at radius 2 is 1.57 bits per heavy atom. The molecule has 8 heteroatoms. The number of carboxylic acid groups (broad SMARTS) is 1. The first-order chi connectivity index (χ1) is 9.94. The predicted molar refractivity (Wildman–Crippen MR) is 80.3 cm³/mol. The molecule has 6 nitrogen and oxygen atoms in total. The van der Waals surface area contributed by atoms with Gasteiger partial charge >= 0.3 is 12.0 Å². The summed E-state index contributed by atoms with van der Waals surface area (Å²) in [6.07, 6.45) is 2.51. The smallest absolute Gasteiger partial charge is 0.337 e. The minimum Gasteiger partial charge on any atom is -0.478 e. The largest absolute Gasteiger partial charge is 0.478 e. The van der Waals surface area contributed by atoms with Crippen molar-refractivity contribution in [3.63, 3.8) is 0 Å². The van der Waals surface area contributed by atoms with Crippen molar-refractivity contribution >= 4 is 46.6 Å². The van der Waals surface area contributed by atoms with E-state index < -0.39 is 12.0 Å². The van der Waals surface area contributed by atoms with Crippen LogP contribution in [-0.4, -0.2) is 22.1 Å². The number of nitrogens with zero attached hydrogens (tertiary/aromatic N) is 1. The Kier molecular flexibility index (Phi) is 4.62. The van der Waals surface area contributed by atoms with Crippen LogP contribution in [0.2, 0.25) is 10.0 Å². The van der Waals surface area contributed by atoms with Crippen molar-refractivity contribution < 1.29 is 14.7 Å². The minimum atomic E-state index is -1.13. The summed E-state index contributed by atoms with van der Waals surface area (Å²) in [5.41, 5.74) is 0.631.